The maximum atomic E-state index is 12.6. The van der Waals surface area contributed by atoms with E-state index in [9.17, 15) is 9.59 Å². The first-order valence-corrected chi connectivity index (χ1v) is 7.50. The average Bonchev–Trinajstić information content (AvgIpc) is 2.77. The van der Waals surface area contributed by atoms with E-state index in [2.05, 4.69) is 5.32 Å². The fourth-order valence-corrected chi connectivity index (χ4v) is 3.21. The molecule has 0 aromatic rings. The highest BCUT2D eigenvalue weighted by Crippen LogP contribution is 2.24. The van der Waals surface area contributed by atoms with E-state index < -0.39 is 5.91 Å². The number of nitrogens with two attached hydrogens (primary N) is 1. The Balaban J connectivity index is 2.02. The first-order chi connectivity index (χ1) is 9.18. The number of amides is 2. The van der Waals surface area contributed by atoms with Crippen molar-refractivity contribution in [3.63, 3.8) is 0 Å². The van der Waals surface area contributed by atoms with Crippen LogP contribution in [0.2, 0.25) is 0 Å². The lowest BCUT2D eigenvalue weighted by atomic mass is 10.1. The molecule has 1 saturated carbocycles. The van der Waals surface area contributed by atoms with Crippen LogP contribution in [0, 0.1) is 0 Å². The quantitative estimate of drug-likeness (QED) is 0.790. The molecule has 5 nitrogen and oxygen atoms in total. The number of nitrogens with one attached hydrogen (secondary N) is 1. The second kappa shape index (κ2) is 6.89. The van der Waals surface area contributed by atoms with Crippen LogP contribution in [0.25, 0.3) is 0 Å². The maximum absolute atomic E-state index is 12.6. The summed E-state index contributed by atoms with van der Waals surface area (Å²) in [7, 11) is 0. The molecule has 1 unspecified atom stereocenters. The summed E-state index contributed by atoms with van der Waals surface area (Å²) in [5, 5.41) is 3.32. The summed E-state index contributed by atoms with van der Waals surface area (Å²) in [6.45, 7) is 0.965. The van der Waals surface area contributed by atoms with Crippen molar-refractivity contribution in [3.8, 4) is 0 Å². The molecular weight excluding hydrogens is 242 g/mol. The van der Waals surface area contributed by atoms with Gasteiger partial charge in [-0.2, -0.15) is 0 Å². The number of carbonyl (C=O) groups is 2. The molecule has 2 aliphatic rings. The van der Waals surface area contributed by atoms with E-state index in [0.717, 1.165) is 51.5 Å². The van der Waals surface area contributed by atoms with E-state index in [1.807, 2.05) is 0 Å². The van der Waals surface area contributed by atoms with Crippen LogP contribution in [0.4, 0.5) is 0 Å². The van der Waals surface area contributed by atoms with Crippen molar-refractivity contribution in [3.05, 3.63) is 0 Å². The lowest BCUT2D eigenvalue weighted by Gasteiger charge is -2.31. The van der Waals surface area contributed by atoms with E-state index in [0.29, 0.717) is 0 Å². The summed E-state index contributed by atoms with van der Waals surface area (Å²) < 4.78 is 0. The number of carbonyl (C=O) groups excluding carboxylic acids is 2. The third-order valence-electron chi connectivity index (χ3n) is 4.23. The van der Waals surface area contributed by atoms with Gasteiger partial charge in [-0.1, -0.05) is 25.7 Å². The molecule has 1 saturated heterocycles. The van der Waals surface area contributed by atoms with Crippen molar-refractivity contribution in [2.24, 2.45) is 5.73 Å². The molecule has 1 heterocycles. The third kappa shape index (κ3) is 3.93. The highest BCUT2D eigenvalue weighted by molar-refractivity contribution is 5.87. The van der Waals surface area contributed by atoms with Gasteiger partial charge in [-0.3, -0.25) is 9.59 Å². The molecule has 1 aliphatic heterocycles. The Bertz CT molecular complexity index is 319. The summed E-state index contributed by atoms with van der Waals surface area (Å²) in [4.78, 5) is 25.6. The molecule has 0 aromatic heterocycles. The van der Waals surface area contributed by atoms with Crippen molar-refractivity contribution in [1.82, 2.24) is 10.2 Å². The van der Waals surface area contributed by atoms with Crippen LogP contribution in [0.1, 0.15) is 51.4 Å². The minimum absolute atomic E-state index is 0.0711. The van der Waals surface area contributed by atoms with E-state index >= 15 is 0 Å². The molecular formula is C14H25N3O2. The van der Waals surface area contributed by atoms with Crippen molar-refractivity contribution >= 4 is 11.8 Å². The van der Waals surface area contributed by atoms with Gasteiger partial charge in [0.2, 0.25) is 11.8 Å². The van der Waals surface area contributed by atoms with Gasteiger partial charge in [0.1, 0.15) is 0 Å². The van der Waals surface area contributed by atoms with Gasteiger partial charge >= 0.3 is 0 Å². The Morgan fingerprint density at radius 2 is 1.74 bits per heavy atom. The second-order valence-corrected chi connectivity index (χ2v) is 5.73. The molecule has 3 N–H and O–H groups in total. The largest absolute Gasteiger partial charge is 0.368 e. The highest BCUT2D eigenvalue weighted by atomic mass is 16.2. The van der Waals surface area contributed by atoms with Crippen molar-refractivity contribution < 1.29 is 9.59 Å². The fraction of sp³-hybridized carbons (Fsp3) is 0.857. The fourth-order valence-electron chi connectivity index (χ4n) is 3.21. The summed E-state index contributed by atoms with van der Waals surface area (Å²) in [6.07, 6.45) is 8.56. The van der Waals surface area contributed by atoms with Gasteiger partial charge < -0.3 is 16.0 Å². The van der Waals surface area contributed by atoms with Gasteiger partial charge in [0.25, 0.3) is 0 Å². The highest BCUT2D eigenvalue weighted by Gasteiger charge is 2.32. The van der Waals surface area contributed by atoms with E-state index in [-0.39, 0.29) is 24.5 Å². The van der Waals surface area contributed by atoms with Crippen molar-refractivity contribution in [2.45, 2.75) is 63.5 Å². The van der Waals surface area contributed by atoms with Gasteiger partial charge in [-0.15, -0.1) is 0 Å². The van der Waals surface area contributed by atoms with Gasteiger partial charge in [0, 0.05) is 6.04 Å². The molecule has 0 radical (unpaired) electrons. The number of rotatable bonds is 4. The molecule has 1 atom stereocenters. The zero-order valence-corrected chi connectivity index (χ0v) is 11.6. The lowest BCUT2D eigenvalue weighted by Crippen LogP contribution is -2.52. The third-order valence-corrected chi connectivity index (χ3v) is 4.23. The zero-order chi connectivity index (χ0) is 13.7. The van der Waals surface area contributed by atoms with Crippen LogP contribution in [0.5, 0.6) is 0 Å². The number of hydrogen-bond donors (Lipinski definition) is 2. The van der Waals surface area contributed by atoms with Crippen LogP contribution < -0.4 is 11.1 Å². The summed E-state index contributed by atoms with van der Waals surface area (Å²) in [6, 6.07) is 0.0903. The van der Waals surface area contributed by atoms with E-state index in [4.69, 9.17) is 5.73 Å². The Morgan fingerprint density at radius 3 is 2.42 bits per heavy atom. The predicted octanol–water partition coefficient (Wildman–Crippen LogP) is 0.775. The molecule has 108 valence electrons. The van der Waals surface area contributed by atoms with Crippen LogP contribution >= 0.6 is 0 Å². The van der Waals surface area contributed by atoms with E-state index in [1.165, 1.54) is 6.42 Å². The first-order valence-electron chi connectivity index (χ1n) is 7.50. The summed E-state index contributed by atoms with van der Waals surface area (Å²) >= 11 is 0. The Hall–Kier alpha value is -1.10. The molecule has 0 spiro atoms. The molecule has 2 fully saturated rings. The topological polar surface area (TPSA) is 75.4 Å². The lowest BCUT2D eigenvalue weighted by molar-refractivity contribution is -0.139. The molecule has 1 aliphatic carbocycles. The van der Waals surface area contributed by atoms with Gasteiger partial charge in [0.05, 0.1) is 12.6 Å². The summed E-state index contributed by atoms with van der Waals surface area (Å²) in [5.41, 5.74) is 5.31. The average molecular weight is 267 g/mol. The van der Waals surface area contributed by atoms with Crippen LogP contribution in [-0.2, 0) is 9.59 Å². The van der Waals surface area contributed by atoms with Gasteiger partial charge in [0.15, 0.2) is 0 Å². The predicted molar refractivity (Wildman–Crippen MR) is 73.4 cm³/mol. The summed E-state index contributed by atoms with van der Waals surface area (Å²) in [5.74, 6) is -0.332. The number of hydrogen-bond acceptors (Lipinski definition) is 3. The normalized spacial score (nSPS) is 24.9. The first kappa shape index (κ1) is 14.3. The Kier molecular flexibility index (Phi) is 5.19. The zero-order valence-electron chi connectivity index (χ0n) is 11.6. The minimum Gasteiger partial charge on any atom is -0.368 e. The molecule has 5 heteroatoms. The van der Waals surface area contributed by atoms with Crippen molar-refractivity contribution in [1.29, 1.82) is 0 Å². The molecule has 2 rings (SSSR count). The maximum Gasteiger partial charge on any atom is 0.240 e. The number of primary amides is 1. The monoisotopic (exact) mass is 267 g/mol. The van der Waals surface area contributed by atoms with Crippen LogP contribution in [0.15, 0.2) is 0 Å². The van der Waals surface area contributed by atoms with E-state index in [1.54, 1.807) is 4.90 Å². The molecule has 19 heavy (non-hydrogen) atoms. The SMILES string of the molecule is NC(=O)CN(C(=O)C1CCCCCN1)C1CCCC1. The van der Waals surface area contributed by atoms with Crippen LogP contribution in [0.3, 0.4) is 0 Å². The molecule has 0 aromatic carbocycles. The van der Waals surface area contributed by atoms with Crippen molar-refractivity contribution in [2.75, 3.05) is 13.1 Å². The standard InChI is InChI=1S/C14H25N3O2/c15-13(18)10-17(11-6-3-4-7-11)14(19)12-8-2-1-5-9-16-12/h11-12,16H,1-10H2,(H2,15,18). The second-order valence-electron chi connectivity index (χ2n) is 5.73. The molecule has 2 amide bonds. The Labute approximate surface area is 114 Å². The smallest absolute Gasteiger partial charge is 0.240 e. The number of nitrogens with zero attached hydrogens (tertiary/aromatic N) is 1. The van der Waals surface area contributed by atoms with Gasteiger partial charge in [-0.25, -0.2) is 0 Å². The van der Waals surface area contributed by atoms with Crippen LogP contribution in [-0.4, -0.2) is 41.9 Å². The minimum atomic E-state index is -0.408. The Morgan fingerprint density at radius 1 is 1.05 bits per heavy atom. The molecule has 0 bridgehead atoms. The van der Waals surface area contributed by atoms with Gasteiger partial charge in [-0.05, 0) is 32.2 Å².